The zero-order valence-corrected chi connectivity index (χ0v) is 19.4. The molecule has 0 bridgehead atoms. The normalized spacial score (nSPS) is 11.2. The van der Waals surface area contributed by atoms with Crippen LogP contribution in [0, 0.1) is 46.3 Å². The van der Waals surface area contributed by atoms with Crippen LogP contribution in [0.25, 0.3) is 16.7 Å². The second-order valence-electron chi connectivity index (χ2n) is 8.44. The van der Waals surface area contributed by atoms with Gasteiger partial charge < -0.3 is 5.32 Å². The molecule has 0 aliphatic heterocycles. The third-order valence-corrected chi connectivity index (χ3v) is 6.11. The van der Waals surface area contributed by atoms with Crippen molar-refractivity contribution in [2.75, 3.05) is 5.32 Å². The molecule has 0 spiro atoms. The van der Waals surface area contributed by atoms with Gasteiger partial charge in [0.05, 0.1) is 17.1 Å². The third kappa shape index (κ3) is 4.35. The number of nitrogens with one attached hydrogen (secondary N) is 1. The minimum atomic E-state index is -0.672. The molecule has 1 N–H and O–H groups in total. The fourth-order valence-electron chi connectivity index (χ4n) is 4.16. The van der Waals surface area contributed by atoms with Crippen molar-refractivity contribution in [2.24, 2.45) is 0 Å². The Kier molecular flexibility index (Phi) is 5.97. The van der Waals surface area contributed by atoms with Crippen LogP contribution in [-0.2, 0) is 11.2 Å². The van der Waals surface area contributed by atoms with Gasteiger partial charge in [-0.25, -0.2) is 18.4 Å². The first-order valence-electron chi connectivity index (χ1n) is 10.8. The van der Waals surface area contributed by atoms with Gasteiger partial charge in [0.1, 0.15) is 11.6 Å². The molecule has 0 aliphatic rings. The van der Waals surface area contributed by atoms with Crippen LogP contribution in [0.2, 0.25) is 0 Å². The number of benzene rings is 2. The number of fused-ring (bicyclic) bond motifs is 1. The highest BCUT2D eigenvalue weighted by atomic mass is 19.1. The first-order valence-corrected chi connectivity index (χ1v) is 10.8. The van der Waals surface area contributed by atoms with Gasteiger partial charge in [-0.1, -0.05) is 6.07 Å². The highest BCUT2D eigenvalue weighted by Gasteiger charge is 2.19. The summed E-state index contributed by atoms with van der Waals surface area (Å²) in [5.74, 6) is -1.67. The predicted molar refractivity (Wildman–Crippen MR) is 126 cm³/mol. The highest BCUT2D eigenvalue weighted by Crippen LogP contribution is 2.29. The fraction of sp³-hybridized carbons (Fsp3) is 0.269. The Labute approximate surface area is 191 Å². The molecule has 2 aromatic carbocycles. The van der Waals surface area contributed by atoms with E-state index >= 15 is 0 Å². The molecule has 0 unspecified atom stereocenters. The molecule has 0 atom stereocenters. The SMILES string of the molecule is Cc1ccc(-n2nc(C)c3c(C)c(CCC(=O)Nc4cc(F)ccc4F)c(C)nc32)cc1C. The van der Waals surface area contributed by atoms with E-state index in [-0.39, 0.29) is 18.0 Å². The molecule has 5 nitrogen and oxygen atoms in total. The predicted octanol–water partition coefficient (Wildman–Crippen LogP) is 5.81. The van der Waals surface area contributed by atoms with Crippen molar-refractivity contribution in [2.45, 2.75) is 47.5 Å². The molecule has 0 fully saturated rings. The molecule has 0 aliphatic carbocycles. The molecule has 4 rings (SSSR count). The van der Waals surface area contributed by atoms with E-state index in [1.165, 1.54) is 11.1 Å². The van der Waals surface area contributed by atoms with Gasteiger partial charge >= 0.3 is 0 Å². The van der Waals surface area contributed by atoms with Crippen LogP contribution in [0.5, 0.6) is 0 Å². The first kappa shape index (κ1) is 22.6. The van der Waals surface area contributed by atoms with Crippen LogP contribution in [0.4, 0.5) is 14.5 Å². The Hall–Kier alpha value is -3.61. The zero-order chi connectivity index (χ0) is 23.9. The molecular formula is C26H26F2N4O. The van der Waals surface area contributed by atoms with Crippen molar-refractivity contribution in [1.29, 1.82) is 0 Å². The van der Waals surface area contributed by atoms with Gasteiger partial charge in [-0.2, -0.15) is 5.10 Å². The van der Waals surface area contributed by atoms with Gasteiger partial charge in [0.25, 0.3) is 0 Å². The van der Waals surface area contributed by atoms with E-state index in [0.717, 1.165) is 57.4 Å². The highest BCUT2D eigenvalue weighted by molar-refractivity contribution is 5.91. The topological polar surface area (TPSA) is 59.8 Å². The Morgan fingerprint density at radius 1 is 0.970 bits per heavy atom. The minimum absolute atomic E-state index is 0.120. The van der Waals surface area contributed by atoms with Gasteiger partial charge in [0.15, 0.2) is 5.65 Å². The van der Waals surface area contributed by atoms with Crippen molar-refractivity contribution >= 4 is 22.6 Å². The van der Waals surface area contributed by atoms with Crippen LogP contribution in [0.15, 0.2) is 36.4 Å². The van der Waals surface area contributed by atoms with Crippen molar-refractivity contribution < 1.29 is 13.6 Å². The summed E-state index contributed by atoms with van der Waals surface area (Å²) in [6.07, 6.45) is 0.548. The molecule has 0 radical (unpaired) electrons. The van der Waals surface area contributed by atoms with Gasteiger partial charge in [-0.05, 0) is 87.6 Å². The number of amides is 1. The Bertz CT molecular complexity index is 1390. The second-order valence-corrected chi connectivity index (χ2v) is 8.44. The maximum Gasteiger partial charge on any atom is 0.224 e. The van der Waals surface area contributed by atoms with Crippen LogP contribution < -0.4 is 5.32 Å². The molecule has 2 heterocycles. The van der Waals surface area contributed by atoms with E-state index in [9.17, 15) is 13.6 Å². The van der Waals surface area contributed by atoms with E-state index in [4.69, 9.17) is 10.1 Å². The van der Waals surface area contributed by atoms with Crippen LogP contribution >= 0.6 is 0 Å². The van der Waals surface area contributed by atoms with Gasteiger partial charge in [0.2, 0.25) is 5.91 Å². The number of pyridine rings is 1. The van der Waals surface area contributed by atoms with Gasteiger partial charge in [-0.15, -0.1) is 0 Å². The van der Waals surface area contributed by atoms with Crippen molar-refractivity contribution in [3.05, 3.63) is 81.7 Å². The largest absolute Gasteiger partial charge is 0.324 e. The van der Waals surface area contributed by atoms with E-state index in [2.05, 4.69) is 31.3 Å². The van der Waals surface area contributed by atoms with Crippen LogP contribution in [0.1, 0.15) is 40.1 Å². The number of hydrogen-bond donors (Lipinski definition) is 1. The lowest BCUT2D eigenvalue weighted by atomic mass is 9.99. The number of hydrogen-bond acceptors (Lipinski definition) is 3. The second kappa shape index (κ2) is 8.73. The zero-order valence-electron chi connectivity index (χ0n) is 19.4. The van der Waals surface area contributed by atoms with Crippen LogP contribution in [-0.4, -0.2) is 20.7 Å². The summed E-state index contributed by atoms with van der Waals surface area (Å²) in [5, 5.41) is 8.16. The Morgan fingerprint density at radius 3 is 2.45 bits per heavy atom. The third-order valence-electron chi connectivity index (χ3n) is 6.11. The molecule has 170 valence electrons. The summed E-state index contributed by atoms with van der Waals surface area (Å²) in [6, 6.07) is 9.18. The number of carbonyl (C=O) groups excluding carboxylic acids is 1. The summed E-state index contributed by atoms with van der Waals surface area (Å²) >= 11 is 0. The number of aryl methyl sites for hydroxylation is 5. The molecule has 2 aromatic heterocycles. The standard InChI is InChI=1S/C26H26F2N4O/c1-14-6-8-20(12-15(14)2)32-26-25(18(5)31-32)16(3)21(17(4)29-26)9-11-24(33)30-23-13-19(27)7-10-22(23)28/h6-8,10,12-13H,9,11H2,1-5H3,(H,30,33). The number of carbonyl (C=O) groups is 1. The lowest BCUT2D eigenvalue weighted by Gasteiger charge is -2.12. The molecule has 0 saturated heterocycles. The molecule has 7 heteroatoms. The van der Waals surface area contributed by atoms with E-state index in [1.54, 1.807) is 0 Å². The molecule has 1 amide bonds. The molecule has 33 heavy (non-hydrogen) atoms. The van der Waals surface area contributed by atoms with Crippen LogP contribution in [0.3, 0.4) is 0 Å². The summed E-state index contributed by atoms with van der Waals surface area (Å²) in [7, 11) is 0. The maximum atomic E-state index is 13.8. The van der Waals surface area contributed by atoms with E-state index in [0.29, 0.717) is 6.42 Å². The number of nitrogens with zero attached hydrogens (tertiary/aromatic N) is 3. The van der Waals surface area contributed by atoms with E-state index in [1.807, 2.05) is 31.5 Å². The molecule has 0 saturated carbocycles. The van der Waals surface area contributed by atoms with Gasteiger partial charge in [0, 0.05) is 23.6 Å². The minimum Gasteiger partial charge on any atom is -0.324 e. The average Bonchev–Trinajstić information content (AvgIpc) is 3.08. The number of halogens is 2. The smallest absolute Gasteiger partial charge is 0.224 e. The summed E-state index contributed by atoms with van der Waals surface area (Å²) in [6.45, 7) is 10.0. The summed E-state index contributed by atoms with van der Waals surface area (Å²) < 4.78 is 29.1. The van der Waals surface area contributed by atoms with Gasteiger partial charge in [-0.3, -0.25) is 4.79 Å². The monoisotopic (exact) mass is 448 g/mol. The molecular weight excluding hydrogens is 422 g/mol. The lowest BCUT2D eigenvalue weighted by molar-refractivity contribution is -0.116. The fourth-order valence-corrected chi connectivity index (χ4v) is 4.16. The number of anilines is 1. The average molecular weight is 449 g/mol. The van der Waals surface area contributed by atoms with Crippen molar-refractivity contribution in [3.8, 4) is 5.69 Å². The lowest BCUT2D eigenvalue weighted by Crippen LogP contribution is -2.14. The Morgan fingerprint density at radius 2 is 1.73 bits per heavy atom. The summed E-state index contributed by atoms with van der Waals surface area (Å²) in [5.41, 5.74) is 7.62. The molecule has 4 aromatic rings. The van der Waals surface area contributed by atoms with E-state index < -0.39 is 11.6 Å². The Balaban J connectivity index is 1.63. The number of rotatable bonds is 5. The maximum absolute atomic E-state index is 13.8. The quantitative estimate of drug-likeness (QED) is 0.419. The van der Waals surface area contributed by atoms with Crippen molar-refractivity contribution in [3.63, 3.8) is 0 Å². The summed E-state index contributed by atoms with van der Waals surface area (Å²) in [4.78, 5) is 17.2. The first-order chi connectivity index (χ1) is 15.7. The van der Waals surface area contributed by atoms with Crippen molar-refractivity contribution in [1.82, 2.24) is 14.8 Å². The number of aromatic nitrogens is 3.